The highest BCUT2D eigenvalue weighted by Crippen LogP contribution is 2.37. The van der Waals surface area contributed by atoms with Gasteiger partial charge in [0.1, 0.15) is 17.3 Å². The summed E-state index contributed by atoms with van der Waals surface area (Å²) in [5.74, 6) is 1.93. The molecule has 1 N–H and O–H groups in total. The molecule has 2 aromatic heterocycles. The van der Waals surface area contributed by atoms with Crippen LogP contribution in [0.4, 0.5) is 11.5 Å². The summed E-state index contributed by atoms with van der Waals surface area (Å²) in [7, 11) is 2.13. The average Bonchev–Trinajstić information content (AvgIpc) is 3.48. The molecule has 1 saturated heterocycles. The van der Waals surface area contributed by atoms with E-state index >= 15 is 0 Å². The molecule has 2 aliphatic rings. The molecule has 0 spiro atoms. The molecule has 0 unspecified atom stereocenters. The maximum absolute atomic E-state index is 12.4. The number of aromatic nitrogens is 3. The Morgan fingerprint density at radius 3 is 2.60 bits per heavy atom. The van der Waals surface area contributed by atoms with Gasteiger partial charge in [0.05, 0.1) is 11.9 Å². The van der Waals surface area contributed by atoms with E-state index in [1.54, 1.807) is 18.5 Å². The first-order chi connectivity index (χ1) is 12.2. The fourth-order valence-electron chi connectivity index (χ4n) is 2.92. The zero-order chi connectivity index (χ0) is 17.2. The maximum atomic E-state index is 12.4. The summed E-state index contributed by atoms with van der Waals surface area (Å²) in [6, 6.07) is 5.49. The van der Waals surface area contributed by atoms with Gasteiger partial charge in [-0.15, -0.1) is 0 Å². The number of nitrogens with one attached hydrogen (secondary N) is 1. The molecule has 3 heterocycles. The van der Waals surface area contributed by atoms with Crippen LogP contribution in [0.5, 0.6) is 0 Å². The molecule has 7 heteroatoms. The molecule has 1 aliphatic heterocycles. The van der Waals surface area contributed by atoms with Gasteiger partial charge in [0.2, 0.25) is 0 Å². The Balaban J connectivity index is 1.40. The van der Waals surface area contributed by atoms with Crippen LogP contribution >= 0.6 is 0 Å². The molecule has 0 bridgehead atoms. The molecular formula is C18H22N6O. The van der Waals surface area contributed by atoms with Crippen LogP contribution in [-0.4, -0.2) is 59.0 Å². The summed E-state index contributed by atoms with van der Waals surface area (Å²) in [5.41, 5.74) is 1.08. The monoisotopic (exact) mass is 338 g/mol. The minimum Gasteiger partial charge on any atom is -0.354 e. The molecule has 0 atom stereocenters. The van der Waals surface area contributed by atoms with Gasteiger partial charge in [-0.2, -0.15) is 0 Å². The topological polar surface area (TPSA) is 74.2 Å². The van der Waals surface area contributed by atoms with Crippen molar-refractivity contribution >= 4 is 17.4 Å². The van der Waals surface area contributed by atoms with E-state index in [1.807, 2.05) is 12.1 Å². The second-order valence-corrected chi connectivity index (χ2v) is 6.72. The van der Waals surface area contributed by atoms with Gasteiger partial charge in [-0.3, -0.25) is 4.79 Å². The van der Waals surface area contributed by atoms with Crippen molar-refractivity contribution in [3.63, 3.8) is 0 Å². The van der Waals surface area contributed by atoms with Crippen molar-refractivity contribution in [3.8, 4) is 0 Å². The quantitative estimate of drug-likeness (QED) is 0.915. The number of amides is 1. The lowest BCUT2D eigenvalue weighted by Crippen LogP contribution is -2.44. The molecule has 130 valence electrons. The summed E-state index contributed by atoms with van der Waals surface area (Å²) < 4.78 is 0. The first-order valence-corrected chi connectivity index (χ1v) is 8.73. The molecule has 0 radical (unpaired) electrons. The number of carbonyl (C=O) groups is 1. The van der Waals surface area contributed by atoms with Gasteiger partial charge < -0.3 is 15.1 Å². The van der Waals surface area contributed by atoms with E-state index in [2.05, 4.69) is 37.1 Å². The molecule has 1 amide bonds. The summed E-state index contributed by atoms with van der Waals surface area (Å²) in [6.07, 6.45) is 5.59. The van der Waals surface area contributed by atoms with Gasteiger partial charge in [-0.1, -0.05) is 0 Å². The lowest BCUT2D eigenvalue weighted by molar-refractivity contribution is 0.102. The summed E-state index contributed by atoms with van der Waals surface area (Å²) >= 11 is 0. The number of anilines is 2. The number of nitrogens with zero attached hydrogens (tertiary/aromatic N) is 5. The number of hydrogen-bond donors (Lipinski definition) is 1. The van der Waals surface area contributed by atoms with Crippen LogP contribution in [0.25, 0.3) is 0 Å². The zero-order valence-corrected chi connectivity index (χ0v) is 14.4. The Morgan fingerprint density at radius 2 is 1.92 bits per heavy atom. The number of pyridine rings is 1. The largest absolute Gasteiger partial charge is 0.354 e. The highest BCUT2D eigenvalue weighted by molar-refractivity contribution is 6.02. The standard InChI is InChI=1S/C18H22N6O/c1-23-8-10-24(11-9-23)16-5-4-14(12-20-16)21-18(25)15-6-7-19-17(22-15)13-2-3-13/h4-7,12-13H,2-3,8-11H2,1H3,(H,21,25). The van der Waals surface area contributed by atoms with E-state index in [9.17, 15) is 4.79 Å². The van der Waals surface area contributed by atoms with Crippen LogP contribution in [-0.2, 0) is 0 Å². The number of piperazine rings is 1. The van der Waals surface area contributed by atoms with Gasteiger partial charge in [-0.25, -0.2) is 15.0 Å². The van der Waals surface area contributed by atoms with Gasteiger partial charge in [0.15, 0.2) is 0 Å². The molecule has 0 aromatic carbocycles. The van der Waals surface area contributed by atoms with Crippen LogP contribution in [0.15, 0.2) is 30.6 Å². The summed E-state index contributed by atoms with van der Waals surface area (Å²) in [5, 5.41) is 2.86. The van der Waals surface area contributed by atoms with Crippen molar-refractivity contribution in [3.05, 3.63) is 42.1 Å². The fourth-order valence-corrected chi connectivity index (χ4v) is 2.92. The zero-order valence-electron chi connectivity index (χ0n) is 14.4. The third-order valence-electron chi connectivity index (χ3n) is 4.68. The fraction of sp³-hybridized carbons (Fsp3) is 0.444. The highest BCUT2D eigenvalue weighted by Gasteiger charge is 2.27. The van der Waals surface area contributed by atoms with Crippen LogP contribution < -0.4 is 10.2 Å². The van der Waals surface area contributed by atoms with Gasteiger partial charge in [-0.05, 0) is 38.1 Å². The molecule has 2 fully saturated rings. The van der Waals surface area contributed by atoms with Crippen molar-refractivity contribution in [2.24, 2.45) is 0 Å². The molecule has 1 aliphatic carbocycles. The first-order valence-electron chi connectivity index (χ1n) is 8.73. The second kappa shape index (κ2) is 6.76. The predicted molar refractivity (Wildman–Crippen MR) is 95.9 cm³/mol. The molecule has 1 saturated carbocycles. The van der Waals surface area contributed by atoms with Gasteiger partial charge in [0, 0.05) is 38.3 Å². The lowest BCUT2D eigenvalue weighted by atomic mass is 10.3. The Labute approximate surface area is 147 Å². The second-order valence-electron chi connectivity index (χ2n) is 6.72. The minimum absolute atomic E-state index is 0.224. The van der Waals surface area contributed by atoms with Crippen molar-refractivity contribution in [2.45, 2.75) is 18.8 Å². The molecule has 4 rings (SSSR count). The van der Waals surface area contributed by atoms with Crippen LogP contribution in [0, 0.1) is 0 Å². The molecular weight excluding hydrogens is 316 g/mol. The molecule has 25 heavy (non-hydrogen) atoms. The number of likely N-dealkylation sites (N-methyl/N-ethyl adjacent to an activating group) is 1. The number of hydrogen-bond acceptors (Lipinski definition) is 6. The van der Waals surface area contributed by atoms with E-state index in [0.717, 1.165) is 50.7 Å². The maximum Gasteiger partial charge on any atom is 0.274 e. The van der Waals surface area contributed by atoms with Crippen molar-refractivity contribution < 1.29 is 4.79 Å². The Morgan fingerprint density at radius 1 is 1.12 bits per heavy atom. The van der Waals surface area contributed by atoms with Crippen LogP contribution in [0.2, 0.25) is 0 Å². The highest BCUT2D eigenvalue weighted by atomic mass is 16.1. The van der Waals surface area contributed by atoms with Gasteiger partial charge in [0.25, 0.3) is 5.91 Å². The smallest absolute Gasteiger partial charge is 0.274 e. The molecule has 2 aromatic rings. The van der Waals surface area contributed by atoms with Crippen molar-refractivity contribution in [2.75, 3.05) is 43.4 Å². The van der Waals surface area contributed by atoms with Crippen molar-refractivity contribution in [1.82, 2.24) is 19.9 Å². The number of rotatable bonds is 4. The Hall–Kier alpha value is -2.54. The number of carbonyl (C=O) groups excluding carboxylic acids is 1. The third-order valence-corrected chi connectivity index (χ3v) is 4.68. The van der Waals surface area contributed by atoms with E-state index in [-0.39, 0.29) is 5.91 Å². The predicted octanol–water partition coefficient (Wildman–Crippen LogP) is 1.75. The Kier molecular flexibility index (Phi) is 4.31. The third kappa shape index (κ3) is 3.76. The normalized spacial score (nSPS) is 18.2. The van der Waals surface area contributed by atoms with Gasteiger partial charge >= 0.3 is 0 Å². The van der Waals surface area contributed by atoms with E-state index < -0.39 is 0 Å². The van der Waals surface area contributed by atoms with Crippen LogP contribution in [0.1, 0.15) is 35.1 Å². The molecule has 7 nitrogen and oxygen atoms in total. The summed E-state index contributed by atoms with van der Waals surface area (Å²) in [6.45, 7) is 4.02. The average molecular weight is 338 g/mol. The van der Waals surface area contributed by atoms with Crippen LogP contribution in [0.3, 0.4) is 0 Å². The van der Waals surface area contributed by atoms with E-state index in [0.29, 0.717) is 17.3 Å². The first kappa shape index (κ1) is 16.0. The summed E-state index contributed by atoms with van der Waals surface area (Å²) in [4.78, 5) is 30.1. The Bertz CT molecular complexity index is 750. The lowest BCUT2D eigenvalue weighted by Gasteiger charge is -2.33. The van der Waals surface area contributed by atoms with E-state index in [1.165, 1.54) is 0 Å². The van der Waals surface area contributed by atoms with E-state index in [4.69, 9.17) is 0 Å². The van der Waals surface area contributed by atoms with Crippen molar-refractivity contribution in [1.29, 1.82) is 0 Å². The minimum atomic E-state index is -0.224. The SMILES string of the molecule is CN1CCN(c2ccc(NC(=O)c3ccnc(C4CC4)n3)cn2)CC1.